The van der Waals surface area contributed by atoms with Crippen molar-refractivity contribution in [1.29, 1.82) is 0 Å². The molecule has 2 aromatic rings. The van der Waals surface area contributed by atoms with E-state index >= 15 is 0 Å². The fourth-order valence-corrected chi connectivity index (χ4v) is 2.32. The van der Waals surface area contributed by atoms with Crippen molar-refractivity contribution in [1.82, 2.24) is 5.32 Å². The van der Waals surface area contributed by atoms with Crippen LogP contribution in [0.4, 0.5) is 5.69 Å². The van der Waals surface area contributed by atoms with Crippen LogP contribution in [0, 0.1) is 0 Å². The van der Waals surface area contributed by atoms with Crippen LogP contribution in [-0.2, 0) is 6.42 Å². The summed E-state index contributed by atoms with van der Waals surface area (Å²) in [4.78, 5) is 4.22. The lowest BCUT2D eigenvalue weighted by molar-refractivity contribution is 0.297. The minimum atomic E-state index is 0. The molecule has 24 heavy (non-hydrogen) atoms. The van der Waals surface area contributed by atoms with Gasteiger partial charge in [0.25, 0.3) is 0 Å². The van der Waals surface area contributed by atoms with E-state index in [9.17, 15) is 0 Å². The summed E-state index contributed by atoms with van der Waals surface area (Å²) in [7, 11) is 1.74. The molecule has 0 amide bonds. The summed E-state index contributed by atoms with van der Waals surface area (Å²) in [6, 6.07) is 9.65. The Kier molecular flexibility index (Phi) is 7.23. The molecule has 0 aliphatic carbocycles. The summed E-state index contributed by atoms with van der Waals surface area (Å²) in [5.41, 5.74) is 0.903. The van der Waals surface area contributed by atoms with E-state index < -0.39 is 0 Å². The van der Waals surface area contributed by atoms with E-state index in [1.54, 1.807) is 13.3 Å². The molecule has 1 aromatic heterocycles. The molecule has 0 atom stereocenters. The molecule has 1 aliphatic rings. The molecular formula is C17H22IN3O3. The van der Waals surface area contributed by atoms with Crippen LogP contribution in [0.15, 0.2) is 46.0 Å². The first-order valence-corrected chi connectivity index (χ1v) is 7.75. The molecule has 1 aromatic carbocycles. The smallest absolute Gasteiger partial charge is 0.195 e. The minimum Gasteiger partial charge on any atom is -0.490 e. The van der Waals surface area contributed by atoms with Crippen LogP contribution < -0.4 is 20.1 Å². The highest BCUT2D eigenvalue weighted by Crippen LogP contribution is 2.32. The molecular weight excluding hydrogens is 421 g/mol. The molecule has 0 spiro atoms. The maximum Gasteiger partial charge on any atom is 0.195 e. The number of halogens is 1. The lowest BCUT2D eigenvalue weighted by Gasteiger charge is -2.13. The number of hydrogen-bond donors (Lipinski definition) is 2. The van der Waals surface area contributed by atoms with Gasteiger partial charge >= 0.3 is 0 Å². The summed E-state index contributed by atoms with van der Waals surface area (Å²) < 4.78 is 16.6. The Hall–Kier alpha value is -1.90. The van der Waals surface area contributed by atoms with E-state index in [1.807, 2.05) is 30.3 Å². The molecule has 0 saturated heterocycles. The molecule has 0 unspecified atom stereocenters. The van der Waals surface area contributed by atoms with Gasteiger partial charge in [0, 0.05) is 38.2 Å². The van der Waals surface area contributed by atoms with Crippen molar-refractivity contribution in [2.45, 2.75) is 12.8 Å². The number of furan rings is 1. The Morgan fingerprint density at radius 3 is 2.75 bits per heavy atom. The van der Waals surface area contributed by atoms with Gasteiger partial charge < -0.3 is 24.5 Å². The zero-order valence-corrected chi connectivity index (χ0v) is 15.9. The van der Waals surface area contributed by atoms with Crippen molar-refractivity contribution < 1.29 is 13.9 Å². The van der Waals surface area contributed by atoms with Gasteiger partial charge in [-0.25, -0.2) is 0 Å². The van der Waals surface area contributed by atoms with Gasteiger partial charge in [-0.3, -0.25) is 4.99 Å². The van der Waals surface area contributed by atoms with Crippen LogP contribution in [-0.4, -0.2) is 32.8 Å². The van der Waals surface area contributed by atoms with Crippen molar-refractivity contribution in [3.05, 3.63) is 42.4 Å². The fourth-order valence-electron chi connectivity index (χ4n) is 2.32. The molecule has 0 radical (unpaired) electrons. The molecule has 7 heteroatoms. The molecule has 0 bridgehead atoms. The van der Waals surface area contributed by atoms with Gasteiger partial charge in [0.2, 0.25) is 0 Å². The van der Waals surface area contributed by atoms with Gasteiger partial charge in [0.05, 0.1) is 19.5 Å². The van der Waals surface area contributed by atoms with Gasteiger partial charge in [-0.1, -0.05) is 0 Å². The lowest BCUT2D eigenvalue weighted by atomic mass is 10.2. The second-order valence-electron chi connectivity index (χ2n) is 5.17. The number of fused-ring (bicyclic) bond motifs is 1. The fraction of sp³-hybridized carbons (Fsp3) is 0.353. The molecule has 1 aliphatic heterocycles. The summed E-state index contributed by atoms with van der Waals surface area (Å²) >= 11 is 0. The van der Waals surface area contributed by atoms with Gasteiger partial charge in [-0.15, -0.1) is 24.0 Å². The van der Waals surface area contributed by atoms with Gasteiger partial charge in [-0.05, 0) is 24.3 Å². The zero-order chi connectivity index (χ0) is 15.9. The number of aliphatic imine (C=N–C) groups is 1. The first kappa shape index (κ1) is 18.4. The van der Waals surface area contributed by atoms with Gasteiger partial charge in [0.1, 0.15) is 5.76 Å². The number of hydrogen-bond acceptors (Lipinski definition) is 4. The maximum atomic E-state index is 5.70. The predicted molar refractivity (Wildman–Crippen MR) is 105 cm³/mol. The monoisotopic (exact) mass is 443 g/mol. The number of nitrogens with one attached hydrogen (secondary N) is 2. The molecule has 3 rings (SSSR count). The average molecular weight is 443 g/mol. The predicted octanol–water partition coefficient (Wildman–Crippen LogP) is 3.29. The summed E-state index contributed by atoms with van der Waals surface area (Å²) in [6.07, 6.45) is 3.38. The third-order valence-electron chi connectivity index (χ3n) is 3.48. The van der Waals surface area contributed by atoms with E-state index in [0.29, 0.717) is 19.2 Å². The van der Waals surface area contributed by atoms with Crippen molar-refractivity contribution >= 4 is 35.6 Å². The van der Waals surface area contributed by atoms with Crippen LogP contribution in [0.2, 0.25) is 0 Å². The van der Waals surface area contributed by atoms with Gasteiger partial charge in [-0.2, -0.15) is 0 Å². The number of benzene rings is 1. The Morgan fingerprint density at radius 1 is 1.17 bits per heavy atom. The van der Waals surface area contributed by atoms with Crippen LogP contribution in [0.3, 0.4) is 0 Å². The molecule has 0 fully saturated rings. The van der Waals surface area contributed by atoms with Crippen LogP contribution >= 0.6 is 24.0 Å². The Labute approximate surface area is 158 Å². The van der Waals surface area contributed by atoms with Crippen molar-refractivity contribution in [2.75, 3.05) is 32.1 Å². The third kappa shape index (κ3) is 5.05. The first-order valence-electron chi connectivity index (χ1n) is 7.75. The van der Waals surface area contributed by atoms with Crippen molar-refractivity contribution in [3.63, 3.8) is 0 Å². The van der Waals surface area contributed by atoms with E-state index in [0.717, 1.165) is 42.3 Å². The second-order valence-corrected chi connectivity index (χ2v) is 5.17. The quantitative estimate of drug-likeness (QED) is 0.432. The molecule has 6 nitrogen and oxygen atoms in total. The molecule has 2 heterocycles. The Balaban J connectivity index is 0.00000208. The topological polar surface area (TPSA) is 68.0 Å². The minimum absolute atomic E-state index is 0. The lowest BCUT2D eigenvalue weighted by Crippen LogP contribution is -2.32. The summed E-state index contributed by atoms with van der Waals surface area (Å²) in [5, 5.41) is 6.51. The number of ether oxygens (including phenoxy) is 2. The standard InChI is InChI=1S/C17H21N3O3.HI/c1-18-17(19-8-7-14-4-2-9-21-14)20-13-5-6-15-16(12-13)23-11-3-10-22-15;/h2,4-6,9,12H,3,7-8,10-11H2,1H3,(H2,18,19,20);1H. The number of nitrogens with zero attached hydrogens (tertiary/aromatic N) is 1. The van der Waals surface area contributed by atoms with Crippen LogP contribution in [0.25, 0.3) is 0 Å². The first-order chi connectivity index (χ1) is 11.3. The number of anilines is 1. The highest BCUT2D eigenvalue weighted by atomic mass is 127. The maximum absolute atomic E-state index is 5.70. The third-order valence-corrected chi connectivity index (χ3v) is 3.48. The number of guanidine groups is 1. The zero-order valence-electron chi connectivity index (χ0n) is 13.6. The van der Waals surface area contributed by atoms with Crippen molar-refractivity contribution in [3.8, 4) is 11.5 Å². The largest absolute Gasteiger partial charge is 0.490 e. The highest BCUT2D eigenvalue weighted by Gasteiger charge is 2.11. The average Bonchev–Trinajstić information content (AvgIpc) is 2.98. The van der Waals surface area contributed by atoms with E-state index in [1.165, 1.54) is 0 Å². The van der Waals surface area contributed by atoms with E-state index in [4.69, 9.17) is 13.9 Å². The van der Waals surface area contributed by atoms with E-state index in [2.05, 4.69) is 15.6 Å². The Bertz CT molecular complexity index is 659. The second kappa shape index (κ2) is 9.41. The molecule has 0 saturated carbocycles. The van der Waals surface area contributed by atoms with Crippen LogP contribution in [0.5, 0.6) is 11.5 Å². The molecule has 130 valence electrons. The van der Waals surface area contributed by atoms with Crippen molar-refractivity contribution in [2.24, 2.45) is 4.99 Å². The SMILES string of the molecule is CN=C(NCCc1ccco1)Nc1ccc2c(c1)OCCCO2.I. The van der Waals surface area contributed by atoms with E-state index in [-0.39, 0.29) is 24.0 Å². The highest BCUT2D eigenvalue weighted by molar-refractivity contribution is 14.0. The Morgan fingerprint density at radius 2 is 2.00 bits per heavy atom. The summed E-state index contributed by atoms with van der Waals surface area (Å²) in [5.74, 6) is 3.20. The summed E-state index contributed by atoms with van der Waals surface area (Å²) in [6.45, 7) is 2.10. The van der Waals surface area contributed by atoms with Crippen LogP contribution in [0.1, 0.15) is 12.2 Å². The molecule has 2 N–H and O–H groups in total. The van der Waals surface area contributed by atoms with Gasteiger partial charge in [0.15, 0.2) is 17.5 Å². The number of rotatable bonds is 4. The normalized spacial score (nSPS) is 13.6.